The minimum absolute atomic E-state index is 0.0627. The van der Waals surface area contributed by atoms with E-state index in [-0.39, 0.29) is 30.0 Å². The van der Waals surface area contributed by atoms with E-state index in [1.807, 2.05) is 13.8 Å². The maximum Gasteiger partial charge on any atom is 0.354 e. The van der Waals surface area contributed by atoms with Gasteiger partial charge < -0.3 is 45.8 Å². The lowest BCUT2D eigenvalue weighted by Gasteiger charge is -2.23. The van der Waals surface area contributed by atoms with Crippen LogP contribution in [0.15, 0.2) is 41.5 Å². The molecular formula is C34H46FN5O10. The fourth-order valence-corrected chi connectivity index (χ4v) is 5.49. The first kappa shape index (κ1) is 40.3. The molecule has 1 aromatic carbocycles. The van der Waals surface area contributed by atoms with E-state index in [2.05, 4.69) is 23.8 Å². The molecule has 0 radical (unpaired) electrons. The Morgan fingerprint density at radius 1 is 1.08 bits per heavy atom. The molecule has 3 heterocycles. The van der Waals surface area contributed by atoms with Crippen molar-refractivity contribution in [2.75, 3.05) is 19.5 Å². The Balaban J connectivity index is 0.000000331. The summed E-state index contributed by atoms with van der Waals surface area (Å²) in [6.07, 6.45) is -3.13. The lowest BCUT2D eigenvalue weighted by molar-refractivity contribution is -0.139. The van der Waals surface area contributed by atoms with Crippen molar-refractivity contribution in [3.8, 4) is 11.1 Å². The van der Waals surface area contributed by atoms with Crippen molar-refractivity contribution in [3.05, 3.63) is 75.5 Å². The molecule has 274 valence electrons. The van der Waals surface area contributed by atoms with E-state index < -0.39 is 61.4 Å². The molecule has 4 rings (SSSR count). The third-order valence-electron chi connectivity index (χ3n) is 7.86. The van der Waals surface area contributed by atoms with Crippen LogP contribution in [0.4, 0.5) is 10.3 Å². The molecule has 1 saturated heterocycles. The van der Waals surface area contributed by atoms with Gasteiger partial charge >= 0.3 is 11.7 Å². The number of aliphatic hydroxyl groups is 5. The Labute approximate surface area is 288 Å². The second kappa shape index (κ2) is 18.2. The van der Waals surface area contributed by atoms with Crippen LogP contribution in [0, 0.1) is 5.82 Å². The summed E-state index contributed by atoms with van der Waals surface area (Å²) in [5.74, 6) is -1.47. The van der Waals surface area contributed by atoms with Crippen LogP contribution < -0.4 is 11.4 Å². The second-order valence-corrected chi connectivity index (χ2v) is 12.4. The largest absolute Gasteiger partial charge is 0.481 e. The Morgan fingerprint density at radius 2 is 1.72 bits per heavy atom. The monoisotopic (exact) mass is 703 g/mol. The topological polar surface area (TPSA) is 244 Å². The van der Waals surface area contributed by atoms with E-state index in [1.165, 1.54) is 18.2 Å². The summed E-state index contributed by atoms with van der Waals surface area (Å²) < 4.78 is 25.2. The molecule has 0 amide bonds. The number of rotatable bonds is 13. The molecule has 15 nitrogen and oxygen atoms in total. The average Bonchev–Trinajstić information content (AvgIpc) is 3.32. The smallest absolute Gasteiger partial charge is 0.354 e. The van der Waals surface area contributed by atoms with Gasteiger partial charge in [0.05, 0.1) is 37.5 Å². The third kappa shape index (κ3) is 10.2. The number of carbonyl (C=O) groups is 1. The van der Waals surface area contributed by atoms with Gasteiger partial charge in [-0.2, -0.15) is 4.98 Å². The molecular weight excluding hydrogens is 657 g/mol. The zero-order valence-electron chi connectivity index (χ0n) is 28.5. The number of aromatic nitrogens is 4. The molecule has 8 N–H and O–H groups in total. The van der Waals surface area contributed by atoms with Crippen LogP contribution in [0.2, 0.25) is 0 Å². The van der Waals surface area contributed by atoms with Crippen LogP contribution in [0.5, 0.6) is 0 Å². The number of ether oxygens (including phenoxy) is 2. The van der Waals surface area contributed by atoms with Crippen LogP contribution in [0.1, 0.15) is 81.1 Å². The predicted octanol–water partition coefficient (Wildman–Crippen LogP) is 1.71. The Morgan fingerprint density at radius 3 is 2.24 bits per heavy atom. The number of pyridine rings is 1. The van der Waals surface area contributed by atoms with Crippen molar-refractivity contribution in [2.45, 2.75) is 95.7 Å². The first-order valence-corrected chi connectivity index (χ1v) is 16.0. The Bertz CT molecular complexity index is 1670. The summed E-state index contributed by atoms with van der Waals surface area (Å²) in [7, 11) is 1.61. The van der Waals surface area contributed by atoms with Crippen molar-refractivity contribution in [3.63, 3.8) is 0 Å². The summed E-state index contributed by atoms with van der Waals surface area (Å²) in [6.45, 7) is 8.01. The van der Waals surface area contributed by atoms with Crippen LogP contribution in [-0.4, -0.2) is 100 Å². The van der Waals surface area contributed by atoms with Gasteiger partial charge in [0.25, 0.3) is 0 Å². The molecule has 50 heavy (non-hydrogen) atoms. The maximum atomic E-state index is 13.7. The van der Waals surface area contributed by atoms with Gasteiger partial charge in [-0.1, -0.05) is 52.0 Å². The molecule has 0 unspecified atom stereocenters. The van der Waals surface area contributed by atoms with Crippen molar-refractivity contribution in [2.24, 2.45) is 0 Å². The highest BCUT2D eigenvalue weighted by atomic mass is 19.1. The van der Waals surface area contributed by atoms with Crippen molar-refractivity contribution < 1.29 is 49.3 Å². The van der Waals surface area contributed by atoms with Gasteiger partial charge in [0.15, 0.2) is 6.23 Å². The van der Waals surface area contributed by atoms with Crippen molar-refractivity contribution in [1.82, 2.24) is 19.5 Å². The highest BCUT2D eigenvalue weighted by molar-refractivity contribution is 5.80. The number of aliphatic carboxylic acids is 1. The first-order chi connectivity index (χ1) is 23.6. The molecule has 1 aliphatic heterocycles. The van der Waals surface area contributed by atoms with E-state index >= 15 is 0 Å². The van der Waals surface area contributed by atoms with Gasteiger partial charge in [0.1, 0.15) is 30.5 Å². The van der Waals surface area contributed by atoms with Gasteiger partial charge in [-0.3, -0.25) is 14.3 Å². The molecule has 2 aromatic heterocycles. The second-order valence-electron chi connectivity index (χ2n) is 12.4. The van der Waals surface area contributed by atoms with Gasteiger partial charge in [-0.15, -0.1) is 0 Å². The number of hydrogen-bond acceptors (Lipinski definition) is 13. The molecule has 6 atom stereocenters. The number of methoxy groups -OCH3 is 1. The number of nitrogens with zero attached hydrogens (tertiary/aromatic N) is 4. The zero-order chi connectivity index (χ0) is 37.3. The van der Waals surface area contributed by atoms with Gasteiger partial charge in [0.2, 0.25) is 5.95 Å². The van der Waals surface area contributed by atoms with E-state index in [1.54, 1.807) is 25.3 Å². The van der Waals surface area contributed by atoms with Crippen LogP contribution in [0.25, 0.3) is 17.2 Å². The van der Waals surface area contributed by atoms with Crippen LogP contribution >= 0.6 is 0 Å². The lowest BCUT2D eigenvalue weighted by Crippen LogP contribution is -2.36. The number of nitrogen functional groups attached to an aromatic ring is 1. The molecule has 0 bridgehead atoms. The highest BCUT2D eigenvalue weighted by Gasteiger charge is 2.43. The Kier molecular flexibility index (Phi) is 14.6. The summed E-state index contributed by atoms with van der Waals surface area (Å²) in [4.78, 5) is 34.2. The van der Waals surface area contributed by atoms with Crippen molar-refractivity contribution in [1.29, 1.82) is 0 Å². The predicted molar refractivity (Wildman–Crippen MR) is 180 cm³/mol. The van der Waals surface area contributed by atoms with E-state index in [0.717, 1.165) is 44.5 Å². The van der Waals surface area contributed by atoms with E-state index in [0.29, 0.717) is 6.61 Å². The summed E-state index contributed by atoms with van der Waals surface area (Å²) in [5.41, 5.74) is 9.51. The summed E-state index contributed by atoms with van der Waals surface area (Å²) in [5, 5.41) is 57.2. The normalized spacial score (nSPS) is 20.3. The van der Waals surface area contributed by atoms with E-state index in [4.69, 9.17) is 30.4 Å². The SMILES string of the molecule is COCc1c(C(C)C)nc(C(C)C)c(/C=C/[C@@H](O)C[C@@H](O)CC(=O)O)c1-c1ccc(F)cc1.Nc1ncn([C@@H]2O[C@H](CO)[C@@H](O)[C@H]2O)c(=O)n1. The number of halogens is 1. The summed E-state index contributed by atoms with van der Waals surface area (Å²) in [6, 6.07) is 6.23. The average molecular weight is 704 g/mol. The molecule has 1 fully saturated rings. The number of anilines is 1. The minimum Gasteiger partial charge on any atom is -0.481 e. The molecule has 16 heteroatoms. The van der Waals surface area contributed by atoms with Crippen LogP contribution in [-0.2, 0) is 20.9 Å². The van der Waals surface area contributed by atoms with Crippen molar-refractivity contribution >= 4 is 18.0 Å². The third-order valence-corrected chi connectivity index (χ3v) is 7.86. The van der Waals surface area contributed by atoms with Gasteiger partial charge in [-0.25, -0.2) is 14.2 Å². The summed E-state index contributed by atoms with van der Waals surface area (Å²) >= 11 is 0. The first-order valence-electron chi connectivity index (χ1n) is 16.0. The zero-order valence-corrected chi connectivity index (χ0v) is 28.5. The number of carboxylic acids is 1. The number of benzene rings is 1. The molecule has 3 aromatic rings. The maximum absolute atomic E-state index is 13.7. The lowest BCUT2D eigenvalue weighted by atomic mass is 9.87. The fraction of sp³-hybridized carbons (Fsp3) is 0.500. The van der Waals surface area contributed by atoms with Crippen LogP contribution in [0.3, 0.4) is 0 Å². The standard InChI is InChI=1S/C26H34FNO5.C8H12N4O5/c1-15(2)25-21(11-10-19(29)12-20(30)13-23(31)32)24(17-6-8-18(27)9-7-17)22(14-33-5)26(28-25)16(3)4;9-7-10-2-12(8(16)11-7)6-5(15)4(14)3(1-13)17-6/h6-11,15-16,19-20,29-30H,12-14H2,1-5H3,(H,31,32);2-6,13-15H,1H2,(H2,9,11,16)/b11-10+;/t19-,20-;3-,4-,5-,6-/m11/s1. The minimum atomic E-state index is -1.35. The molecule has 0 aliphatic carbocycles. The number of nitrogens with two attached hydrogens (primary N) is 1. The van der Waals surface area contributed by atoms with E-state index in [9.17, 15) is 34.4 Å². The molecule has 0 spiro atoms. The Hall–Kier alpha value is -4.16. The van der Waals surface area contributed by atoms with Gasteiger partial charge in [-0.05, 0) is 35.1 Å². The van der Waals surface area contributed by atoms with Gasteiger partial charge in [0, 0.05) is 30.4 Å². The fourth-order valence-electron chi connectivity index (χ4n) is 5.49. The number of hydrogen-bond donors (Lipinski definition) is 7. The molecule has 0 saturated carbocycles. The molecule has 1 aliphatic rings. The quantitative estimate of drug-likeness (QED) is 0.134. The highest BCUT2D eigenvalue weighted by Crippen LogP contribution is 2.38. The number of aliphatic hydroxyl groups excluding tert-OH is 5. The number of carboxylic acid groups (broad SMARTS) is 1.